The average molecular weight is 484 g/mol. The lowest BCUT2D eigenvalue weighted by Crippen LogP contribution is -2.46. The Morgan fingerprint density at radius 3 is 2.68 bits per heavy atom. The van der Waals surface area contributed by atoms with Gasteiger partial charge >= 0.3 is 0 Å². The van der Waals surface area contributed by atoms with Crippen LogP contribution in [0.25, 0.3) is 10.2 Å². The van der Waals surface area contributed by atoms with Crippen molar-refractivity contribution in [2.24, 2.45) is 0 Å². The van der Waals surface area contributed by atoms with Crippen molar-refractivity contribution in [2.45, 2.75) is 63.6 Å². The molecular formula is C24H33N7O2S. The zero-order chi connectivity index (χ0) is 22.9. The first kappa shape index (κ1) is 22.3. The molecule has 182 valence electrons. The van der Waals surface area contributed by atoms with E-state index in [4.69, 9.17) is 19.4 Å². The SMILES string of the molecule is Cc1nsc2nc(Cc3cnn(C4CCOC4)c3)nc(NC3CCC(N4CCOCC4)CC3)c12. The van der Waals surface area contributed by atoms with E-state index < -0.39 is 0 Å². The highest BCUT2D eigenvalue weighted by molar-refractivity contribution is 7.13. The van der Waals surface area contributed by atoms with Gasteiger partial charge in [0.2, 0.25) is 0 Å². The molecule has 2 aliphatic heterocycles. The Bertz CT molecular complexity index is 1110. The van der Waals surface area contributed by atoms with Crippen LogP contribution in [0.4, 0.5) is 5.82 Å². The molecular weight excluding hydrogens is 450 g/mol. The van der Waals surface area contributed by atoms with E-state index in [2.05, 4.69) is 32.8 Å². The van der Waals surface area contributed by atoms with Crippen LogP contribution in [0.5, 0.6) is 0 Å². The summed E-state index contributed by atoms with van der Waals surface area (Å²) < 4.78 is 17.7. The molecule has 0 spiro atoms. The van der Waals surface area contributed by atoms with E-state index in [-0.39, 0.29) is 0 Å². The summed E-state index contributed by atoms with van der Waals surface area (Å²) in [5.74, 6) is 1.76. The van der Waals surface area contributed by atoms with Crippen molar-refractivity contribution >= 4 is 27.6 Å². The third-order valence-electron chi connectivity index (χ3n) is 7.45. The van der Waals surface area contributed by atoms with Crippen LogP contribution in [0.3, 0.4) is 0 Å². The highest BCUT2D eigenvalue weighted by Crippen LogP contribution is 2.31. The molecule has 1 N–H and O–H groups in total. The van der Waals surface area contributed by atoms with Crippen molar-refractivity contribution in [2.75, 3.05) is 44.8 Å². The number of hydrogen-bond donors (Lipinski definition) is 1. The van der Waals surface area contributed by atoms with Gasteiger partial charge in [0, 0.05) is 44.4 Å². The third-order valence-corrected chi connectivity index (χ3v) is 8.28. The summed E-state index contributed by atoms with van der Waals surface area (Å²) in [5.41, 5.74) is 2.13. The summed E-state index contributed by atoms with van der Waals surface area (Å²) in [7, 11) is 0. The van der Waals surface area contributed by atoms with Gasteiger partial charge in [-0.15, -0.1) is 0 Å². The number of anilines is 1. The minimum Gasteiger partial charge on any atom is -0.379 e. The van der Waals surface area contributed by atoms with Gasteiger partial charge in [0.1, 0.15) is 16.5 Å². The maximum absolute atomic E-state index is 5.53. The second-order valence-corrected chi connectivity index (χ2v) is 10.5. The van der Waals surface area contributed by atoms with Gasteiger partial charge in [0.05, 0.1) is 43.1 Å². The van der Waals surface area contributed by atoms with E-state index in [9.17, 15) is 0 Å². The van der Waals surface area contributed by atoms with Crippen LogP contribution in [-0.2, 0) is 15.9 Å². The standard InChI is InChI=1S/C24H33N7O2S/c1-16-22-23(26-18-2-4-19(5-3-18)30-7-10-32-11-8-30)27-21(28-24(22)34-29-16)12-17-13-25-31(14-17)20-6-9-33-15-20/h13-14,18-20H,2-12,15H2,1H3,(H,26,27,28). The maximum Gasteiger partial charge on any atom is 0.149 e. The lowest BCUT2D eigenvalue weighted by Gasteiger charge is -2.39. The summed E-state index contributed by atoms with van der Waals surface area (Å²) >= 11 is 1.46. The molecule has 3 aromatic heterocycles. The smallest absolute Gasteiger partial charge is 0.149 e. The fraction of sp³-hybridized carbons (Fsp3) is 0.667. The Labute approximate surface area is 204 Å². The number of fused-ring (bicyclic) bond motifs is 1. The molecule has 1 unspecified atom stereocenters. The number of hydrogen-bond acceptors (Lipinski definition) is 9. The van der Waals surface area contributed by atoms with E-state index in [1.807, 2.05) is 10.9 Å². The summed E-state index contributed by atoms with van der Waals surface area (Å²) in [4.78, 5) is 13.4. The normalized spacial score (nSPS) is 26.3. The molecule has 3 aliphatic rings. The Kier molecular flexibility index (Phi) is 6.47. The highest BCUT2D eigenvalue weighted by atomic mass is 32.1. The van der Waals surface area contributed by atoms with Gasteiger partial charge in [-0.05, 0) is 56.1 Å². The summed E-state index contributed by atoms with van der Waals surface area (Å²) in [6, 6.07) is 1.47. The predicted octanol–water partition coefficient (Wildman–Crippen LogP) is 3.20. The lowest BCUT2D eigenvalue weighted by atomic mass is 9.90. The van der Waals surface area contributed by atoms with Gasteiger partial charge < -0.3 is 14.8 Å². The van der Waals surface area contributed by atoms with Gasteiger partial charge in [0.15, 0.2) is 0 Å². The third kappa shape index (κ3) is 4.68. The van der Waals surface area contributed by atoms with Crippen molar-refractivity contribution in [3.8, 4) is 0 Å². The summed E-state index contributed by atoms with van der Waals surface area (Å²) in [5, 5.41) is 9.42. The van der Waals surface area contributed by atoms with Crippen LogP contribution in [0.2, 0.25) is 0 Å². The average Bonchev–Trinajstić information content (AvgIpc) is 3.62. The summed E-state index contributed by atoms with van der Waals surface area (Å²) in [6.07, 6.45) is 10.5. The van der Waals surface area contributed by atoms with Gasteiger partial charge in [-0.25, -0.2) is 9.97 Å². The molecule has 1 atom stereocenters. The van der Waals surface area contributed by atoms with E-state index in [1.165, 1.54) is 24.4 Å². The van der Waals surface area contributed by atoms with Crippen LogP contribution in [0.1, 0.15) is 55.2 Å². The molecule has 34 heavy (non-hydrogen) atoms. The Balaban J connectivity index is 1.16. The van der Waals surface area contributed by atoms with E-state index in [0.29, 0.717) is 24.5 Å². The summed E-state index contributed by atoms with van der Waals surface area (Å²) in [6.45, 7) is 7.50. The fourth-order valence-electron chi connectivity index (χ4n) is 5.52. The zero-order valence-corrected chi connectivity index (χ0v) is 20.6. The lowest BCUT2D eigenvalue weighted by molar-refractivity contribution is 0.00791. The molecule has 3 fully saturated rings. The monoisotopic (exact) mass is 483 g/mol. The molecule has 0 amide bonds. The predicted molar refractivity (Wildman–Crippen MR) is 132 cm³/mol. The van der Waals surface area contributed by atoms with E-state index in [0.717, 1.165) is 91.9 Å². The fourth-order valence-corrected chi connectivity index (χ4v) is 6.32. The molecule has 6 rings (SSSR count). The molecule has 1 saturated carbocycles. The van der Waals surface area contributed by atoms with Gasteiger partial charge in [-0.3, -0.25) is 9.58 Å². The minimum absolute atomic E-state index is 0.339. The van der Waals surface area contributed by atoms with Crippen LogP contribution in [0, 0.1) is 6.92 Å². The van der Waals surface area contributed by atoms with Crippen LogP contribution >= 0.6 is 11.5 Å². The van der Waals surface area contributed by atoms with Crippen molar-refractivity contribution in [1.82, 2.24) is 29.0 Å². The van der Waals surface area contributed by atoms with E-state index >= 15 is 0 Å². The van der Waals surface area contributed by atoms with Gasteiger partial charge in [-0.2, -0.15) is 9.47 Å². The van der Waals surface area contributed by atoms with Crippen LogP contribution in [-0.4, -0.2) is 80.6 Å². The molecule has 3 aromatic rings. The number of nitrogens with zero attached hydrogens (tertiary/aromatic N) is 6. The first-order valence-electron chi connectivity index (χ1n) is 12.5. The van der Waals surface area contributed by atoms with E-state index in [1.54, 1.807) is 0 Å². The van der Waals surface area contributed by atoms with Crippen LogP contribution < -0.4 is 5.32 Å². The quantitative estimate of drug-likeness (QED) is 0.572. The van der Waals surface area contributed by atoms with Crippen LogP contribution in [0.15, 0.2) is 12.4 Å². The second-order valence-electron chi connectivity index (χ2n) is 9.76. The molecule has 10 heteroatoms. The number of nitrogens with one attached hydrogen (secondary N) is 1. The maximum atomic E-state index is 5.53. The number of aromatic nitrogens is 5. The molecule has 5 heterocycles. The molecule has 1 aliphatic carbocycles. The van der Waals surface area contributed by atoms with Gasteiger partial charge in [-0.1, -0.05) is 0 Å². The Morgan fingerprint density at radius 2 is 1.88 bits per heavy atom. The number of ether oxygens (including phenoxy) is 2. The largest absolute Gasteiger partial charge is 0.379 e. The zero-order valence-electron chi connectivity index (χ0n) is 19.8. The molecule has 2 saturated heterocycles. The molecule has 0 aromatic carbocycles. The first-order chi connectivity index (χ1) is 16.7. The van der Waals surface area contributed by atoms with Crippen molar-refractivity contribution in [3.63, 3.8) is 0 Å². The molecule has 9 nitrogen and oxygen atoms in total. The van der Waals surface area contributed by atoms with Crippen molar-refractivity contribution in [3.05, 3.63) is 29.5 Å². The second kappa shape index (κ2) is 9.85. The molecule has 0 radical (unpaired) electrons. The number of rotatable bonds is 6. The van der Waals surface area contributed by atoms with Gasteiger partial charge in [0.25, 0.3) is 0 Å². The van der Waals surface area contributed by atoms with Crippen molar-refractivity contribution < 1.29 is 9.47 Å². The first-order valence-corrected chi connectivity index (χ1v) is 13.3. The number of aryl methyl sites for hydroxylation is 1. The van der Waals surface area contributed by atoms with Crippen molar-refractivity contribution in [1.29, 1.82) is 0 Å². The Morgan fingerprint density at radius 1 is 1.03 bits per heavy atom. The molecule has 0 bridgehead atoms. The Hall–Kier alpha value is -2.14. The number of morpholine rings is 1. The minimum atomic E-state index is 0.339. The highest BCUT2D eigenvalue weighted by Gasteiger charge is 2.28. The topological polar surface area (TPSA) is 90.2 Å².